The molecule has 0 radical (unpaired) electrons. The number of para-hydroxylation sites is 2. The smallest absolute Gasteiger partial charge is 0.234 e. The highest BCUT2D eigenvalue weighted by Crippen LogP contribution is 2.29. The van der Waals surface area contributed by atoms with E-state index in [1.807, 2.05) is 71.4 Å². The van der Waals surface area contributed by atoms with Crippen LogP contribution in [0, 0.1) is 6.92 Å². The number of rotatable bonds is 7. The van der Waals surface area contributed by atoms with Crippen LogP contribution in [-0.4, -0.2) is 28.3 Å². The Balaban J connectivity index is 1.58. The Morgan fingerprint density at radius 2 is 1.78 bits per heavy atom. The second kappa shape index (κ2) is 9.94. The Morgan fingerprint density at radius 1 is 1.06 bits per heavy atom. The SMILES string of the molecule is COc1ccccc1NC(=O)CSc1nc(-c2ccc(Cl)cc2)cn1-c1ccc(C)cc1. The number of thioether (sulfide) groups is 1. The molecule has 0 aliphatic rings. The van der Waals surface area contributed by atoms with Crippen molar-refractivity contribution in [1.29, 1.82) is 0 Å². The average molecular weight is 464 g/mol. The van der Waals surface area contributed by atoms with Crippen molar-refractivity contribution in [2.24, 2.45) is 0 Å². The predicted molar refractivity (Wildman–Crippen MR) is 131 cm³/mol. The van der Waals surface area contributed by atoms with Gasteiger partial charge in [0, 0.05) is 22.5 Å². The highest BCUT2D eigenvalue weighted by atomic mass is 35.5. The van der Waals surface area contributed by atoms with Crippen LogP contribution in [0.2, 0.25) is 5.02 Å². The summed E-state index contributed by atoms with van der Waals surface area (Å²) >= 11 is 7.41. The number of hydrogen-bond donors (Lipinski definition) is 1. The van der Waals surface area contributed by atoms with E-state index >= 15 is 0 Å². The summed E-state index contributed by atoms with van der Waals surface area (Å²) in [6.45, 7) is 2.05. The molecule has 1 N–H and O–H groups in total. The van der Waals surface area contributed by atoms with Gasteiger partial charge in [-0.15, -0.1) is 0 Å². The number of hydrogen-bond acceptors (Lipinski definition) is 4. The number of anilines is 1. The van der Waals surface area contributed by atoms with Crippen molar-refractivity contribution in [1.82, 2.24) is 9.55 Å². The predicted octanol–water partition coefficient (Wildman–Crippen LogP) is 6.24. The van der Waals surface area contributed by atoms with Gasteiger partial charge in [-0.1, -0.05) is 65.3 Å². The van der Waals surface area contributed by atoms with E-state index in [1.165, 1.54) is 17.3 Å². The van der Waals surface area contributed by atoms with Crippen LogP contribution < -0.4 is 10.1 Å². The molecule has 3 aromatic carbocycles. The maximum atomic E-state index is 12.6. The lowest BCUT2D eigenvalue weighted by Gasteiger charge is -2.10. The molecule has 162 valence electrons. The zero-order valence-electron chi connectivity index (χ0n) is 17.7. The van der Waals surface area contributed by atoms with Crippen LogP contribution in [0.25, 0.3) is 16.9 Å². The largest absolute Gasteiger partial charge is 0.495 e. The van der Waals surface area contributed by atoms with Crippen LogP contribution in [0.4, 0.5) is 5.69 Å². The number of carbonyl (C=O) groups excluding carboxylic acids is 1. The lowest BCUT2D eigenvalue weighted by Crippen LogP contribution is -2.15. The molecule has 0 aliphatic heterocycles. The van der Waals surface area contributed by atoms with Gasteiger partial charge >= 0.3 is 0 Å². The topological polar surface area (TPSA) is 56.1 Å². The van der Waals surface area contributed by atoms with E-state index in [9.17, 15) is 4.79 Å². The molecule has 0 unspecified atom stereocenters. The van der Waals surface area contributed by atoms with Crippen molar-refractivity contribution in [2.45, 2.75) is 12.1 Å². The highest BCUT2D eigenvalue weighted by Gasteiger charge is 2.15. The third-order valence-corrected chi connectivity index (χ3v) is 6.04. The number of halogens is 1. The Hall–Kier alpha value is -3.22. The molecule has 32 heavy (non-hydrogen) atoms. The molecule has 7 heteroatoms. The molecule has 1 amide bonds. The van der Waals surface area contributed by atoms with Crippen LogP contribution >= 0.6 is 23.4 Å². The Morgan fingerprint density at radius 3 is 2.50 bits per heavy atom. The quantitative estimate of drug-likeness (QED) is 0.329. The summed E-state index contributed by atoms with van der Waals surface area (Å²) in [5.74, 6) is 0.698. The molecule has 0 bridgehead atoms. The zero-order chi connectivity index (χ0) is 22.5. The minimum Gasteiger partial charge on any atom is -0.495 e. The number of aromatic nitrogens is 2. The molecule has 0 saturated heterocycles. The van der Waals surface area contributed by atoms with Crippen LogP contribution in [0.5, 0.6) is 5.75 Å². The number of nitrogens with one attached hydrogen (secondary N) is 1. The number of amides is 1. The van der Waals surface area contributed by atoms with Crippen LogP contribution in [-0.2, 0) is 4.79 Å². The van der Waals surface area contributed by atoms with Crippen molar-refractivity contribution in [3.63, 3.8) is 0 Å². The molecule has 4 rings (SSSR count). The molecular weight excluding hydrogens is 442 g/mol. The summed E-state index contributed by atoms with van der Waals surface area (Å²) in [6, 6.07) is 23.1. The third kappa shape index (κ3) is 5.15. The molecular formula is C25H22ClN3O2S. The maximum Gasteiger partial charge on any atom is 0.234 e. The first-order valence-electron chi connectivity index (χ1n) is 10.0. The molecule has 0 saturated carbocycles. The summed E-state index contributed by atoms with van der Waals surface area (Å²) in [7, 11) is 1.58. The molecule has 0 atom stereocenters. The van der Waals surface area contributed by atoms with E-state index in [0.29, 0.717) is 16.5 Å². The minimum absolute atomic E-state index is 0.133. The first-order valence-corrected chi connectivity index (χ1v) is 11.4. The number of benzene rings is 3. The van der Waals surface area contributed by atoms with Crippen LogP contribution in [0.1, 0.15) is 5.56 Å². The second-order valence-electron chi connectivity index (χ2n) is 7.16. The van der Waals surface area contributed by atoms with E-state index < -0.39 is 0 Å². The number of methoxy groups -OCH3 is 1. The number of imidazole rings is 1. The van der Waals surface area contributed by atoms with Gasteiger partial charge in [0.2, 0.25) is 5.91 Å². The number of aryl methyl sites for hydroxylation is 1. The molecule has 5 nitrogen and oxygen atoms in total. The van der Waals surface area contributed by atoms with E-state index in [-0.39, 0.29) is 11.7 Å². The zero-order valence-corrected chi connectivity index (χ0v) is 19.3. The van der Waals surface area contributed by atoms with Crippen molar-refractivity contribution in [2.75, 3.05) is 18.2 Å². The van der Waals surface area contributed by atoms with Crippen molar-refractivity contribution < 1.29 is 9.53 Å². The van der Waals surface area contributed by atoms with Crippen molar-refractivity contribution in [3.05, 3.63) is 89.6 Å². The van der Waals surface area contributed by atoms with Crippen LogP contribution in [0.3, 0.4) is 0 Å². The summed E-state index contributed by atoms with van der Waals surface area (Å²) in [5.41, 5.74) is 4.58. The van der Waals surface area contributed by atoms with Crippen molar-refractivity contribution >= 4 is 35.0 Å². The van der Waals surface area contributed by atoms with E-state index in [1.54, 1.807) is 7.11 Å². The molecule has 0 fully saturated rings. The fourth-order valence-electron chi connectivity index (χ4n) is 3.18. The molecule has 4 aromatic rings. The molecule has 1 heterocycles. The fourth-order valence-corrected chi connectivity index (χ4v) is 4.10. The van der Waals surface area contributed by atoms with Gasteiger partial charge in [-0.25, -0.2) is 4.98 Å². The van der Waals surface area contributed by atoms with Gasteiger partial charge in [0.15, 0.2) is 5.16 Å². The van der Waals surface area contributed by atoms with Gasteiger partial charge < -0.3 is 10.1 Å². The standard InChI is InChI=1S/C25H22ClN3O2S/c1-17-7-13-20(14-8-17)29-15-22(18-9-11-19(26)12-10-18)28-25(29)32-16-24(30)27-21-5-3-4-6-23(21)31-2/h3-15H,16H2,1-2H3,(H,27,30). The van der Waals surface area contributed by atoms with E-state index in [2.05, 4.69) is 24.4 Å². The third-order valence-electron chi connectivity index (χ3n) is 4.84. The Labute approximate surface area is 196 Å². The summed E-state index contributed by atoms with van der Waals surface area (Å²) in [4.78, 5) is 17.4. The maximum absolute atomic E-state index is 12.6. The Kier molecular flexibility index (Phi) is 6.83. The molecule has 0 spiro atoms. The number of nitrogens with zero attached hydrogens (tertiary/aromatic N) is 2. The van der Waals surface area contributed by atoms with Gasteiger partial charge in [0.05, 0.1) is 24.2 Å². The van der Waals surface area contributed by atoms with E-state index in [4.69, 9.17) is 21.3 Å². The average Bonchev–Trinajstić information content (AvgIpc) is 3.23. The van der Waals surface area contributed by atoms with Gasteiger partial charge in [0.1, 0.15) is 5.75 Å². The highest BCUT2D eigenvalue weighted by molar-refractivity contribution is 7.99. The van der Waals surface area contributed by atoms with Crippen molar-refractivity contribution in [3.8, 4) is 22.7 Å². The van der Waals surface area contributed by atoms with Gasteiger partial charge in [-0.05, 0) is 43.3 Å². The number of ether oxygens (including phenoxy) is 1. The summed E-state index contributed by atoms with van der Waals surface area (Å²) in [5, 5.41) is 4.31. The van der Waals surface area contributed by atoms with E-state index in [0.717, 1.165) is 22.1 Å². The lowest BCUT2D eigenvalue weighted by atomic mass is 10.2. The Bertz CT molecular complexity index is 1220. The summed E-state index contributed by atoms with van der Waals surface area (Å²) < 4.78 is 7.31. The number of carbonyl (C=O) groups is 1. The first-order chi connectivity index (χ1) is 15.5. The monoisotopic (exact) mass is 463 g/mol. The normalized spacial score (nSPS) is 10.7. The second-order valence-corrected chi connectivity index (χ2v) is 8.54. The molecule has 0 aliphatic carbocycles. The van der Waals surface area contributed by atoms with Gasteiger partial charge in [-0.2, -0.15) is 0 Å². The lowest BCUT2D eigenvalue weighted by molar-refractivity contribution is -0.113. The minimum atomic E-state index is -0.133. The van der Waals surface area contributed by atoms with Gasteiger partial charge in [0.25, 0.3) is 0 Å². The first kappa shape index (κ1) is 22.0. The van der Waals surface area contributed by atoms with Gasteiger partial charge in [-0.3, -0.25) is 9.36 Å². The fraction of sp³-hybridized carbons (Fsp3) is 0.120. The molecule has 1 aromatic heterocycles. The summed E-state index contributed by atoms with van der Waals surface area (Å²) in [6.07, 6.45) is 1.98. The van der Waals surface area contributed by atoms with Crippen LogP contribution in [0.15, 0.2) is 84.1 Å².